The van der Waals surface area contributed by atoms with Crippen LogP contribution in [-0.2, 0) is 0 Å². The van der Waals surface area contributed by atoms with Crippen molar-refractivity contribution in [3.8, 4) is 0 Å². The van der Waals surface area contributed by atoms with Crippen LogP contribution in [0.25, 0.3) is 11.0 Å². The van der Waals surface area contributed by atoms with Crippen LogP contribution in [0.5, 0.6) is 0 Å². The van der Waals surface area contributed by atoms with Crippen molar-refractivity contribution < 1.29 is 14.7 Å². The third-order valence-corrected chi connectivity index (χ3v) is 3.77. The zero-order valence-corrected chi connectivity index (χ0v) is 12.7. The van der Waals surface area contributed by atoms with E-state index in [0.717, 1.165) is 0 Å². The number of aromatic amines is 1. The van der Waals surface area contributed by atoms with E-state index in [1.807, 2.05) is 6.07 Å². The lowest BCUT2D eigenvalue weighted by Gasteiger charge is -2.06. The molecule has 0 bridgehead atoms. The van der Waals surface area contributed by atoms with Gasteiger partial charge in [0, 0.05) is 9.86 Å². The molecule has 2 heterocycles. The van der Waals surface area contributed by atoms with Crippen LogP contribution in [0.1, 0.15) is 20.8 Å². The Bertz CT molecular complexity index is 889. The minimum atomic E-state index is -1.06. The molecule has 0 aliphatic heterocycles. The number of hydrogen-bond acceptors (Lipinski definition) is 3. The number of benzene rings is 1. The summed E-state index contributed by atoms with van der Waals surface area (Å²) in [5.74, 6) is -1.33. The van der Waals surface area contributed by atoms with Crippen molar-refractivity contribution in [3.05, 3.63) is 58.3 Å². The van der Waals surface area contributed by atoms with Gasteiger partial charge in [-0.2, -0.15) is 0 Å². The molecule has 0 saturated heterocycles. The molecule has 0 radical (unpaired) electrons. The highest BCUT2D eigenvalue weighted by Gasteiger charge is 2.12. The van der Waals surface area contributed by atoms with Gasteiger partial charge in [-0.05, 0) is 40.2 Å². The van der Waals surface area contributed by atoms with Gasteiger partial charge in [0.25, 0.3) is 5.91 Å². The average molecular weight is 360 g/mol. The zero-order valence-electron chi connectivity index (χ0n) is 11.1. The Kier molecular flexibility index (Phi) is 3.64. The number of hydrogen-bond donors (Lipinski definition) is 3. The van der Waals surface area contributed by atoms with Crippen LogP contribution in [0.3, 0.4) is 0 Å². The lowest BCUT2D eigenvalue weighted by Crippen LogP contribution is -2.12. The number of carbonyl (C=O) groups excluding carboxylic acids is 1. The number of aromatic carboxylic acids is 1. The number of nitrogens with one attached hydrogen (secondary N) is 2. The lowest BCUT2D eigenvalue weighted by molar-refractivity contribution is 0.0691. The van der Waals surface area contributed by atoms with Gasteiger partial charge in [0.05, 0.1) is 17.4 Å². The summed E-state index contributed by atoms with van der Waals surface area (Å²) in [6.07, 6.45) is 1.47. The minimum absolute atomic E-state index is 0.0526. The Hall–Kier alpha value is -2.67. The van der Waals surface area contributed by atoms with E-state index < -0.39 is 5.97 Å². The van der Waals surface area contributed by atoms with E-state index in [1.54, 1.807) is 24.3 Å². The molecule has 22 heavy (non-hydrogen) atoms. The highest BCUT2D eigenvalue weighted by molar-refractivity contribution is 9.10. The summed E-state index contributed by atoms with van der Waals surface area (Å²) in [7, 11) is 0. The first-order valence-electron chi connectivity index (χ1n) is 6.32. The molecule has 0 aliphatic carbocycles. The zero-order chi connectivity index (χ0) is 15.7. The molecule has 3 N–H and O–H groups in total. The Morgan fingerprint density at radius 3 is 2.73 bits per heavy atom. The van der Waals surface area contributed by atoms with Crippen molar-refractivity contribution in [2.45, 2.75) is 0 Å². The first-order valence-corrected chi connectivity index (χ1v) is 7.12. The second kappa shape index (κ2) is 5.61. The van der Waals surface area contributed by atoms with Crippen LogP contribution < -0.4 is 5.32 Å². The standard InChI is InChI=1S/C15H10BrN3O3/c16-11-4-2-1-3-10(11)14(20)18-9-5-8-6-12(15(21)22)19-13(8)17-7-9/h1-7H,(H,17,19)(H,18,20)(H,21,22). The molecular weight excluding hydrogens is 350 g/mol. The third kappa shape index (κ3) is 2.71. The first kappa shape index (κ1) is 14.3. The number of carboxylic acids is 1. The smallest absolute Gasteiger partial charge is 0.352 e. The summed E-state index contributed by atoms with van der Waals surface area (Å²) < 4.78 is 0.691. The first-order chi connectivity index (χ1) is 10.5. The van der Waals surface area contributed by atoms with Crippen molar-refractivity contribution in [1.82, 2.24) is 9.97 Å². The maximum absolute atomic E-state index is 12.2. The van der Waals surface area contributed by atoms with Crippen LogP contribution in [0, 0.1) is 0 Å². The van der Waals surface area contributed by atoms with Crippen molar-refractivity contribution >= 4 is 44.5 Å². The fourth-order valence-electron chi connectivity index (χ4n) is 2.04. The molecule has 7 heteroatoms. The number of pyridine rings is 1. The Morgan fingerprint density at radius 1 is 1.23 bits per heavy atom. The van der Waals surface area contributed by atoms with Crippen molar-refractivity contribution in [2.75, 3.05) is 5.32 Å². The van der Waals surface area contributed by atoms with Gasteiger partial charge in [-0.25, -0.2) is 9.78 Å². The fraction of sp³-hybridized carbons (Fsp3) is 0. The second-order valence-electron chi connectivity index (χ2n) is 4.58. The molecule has 0 fully saturated rings. The number of rotatable bonds is 3. The second-order valence-corrected chi connectivity index (χ2v) is 5.44. The molecule has 1 aromatic carbocycles. The van der Waals surface area contributed by atoms with Gasteiger partial charge >= 0.3 is 5.97 Å². The van der Waals surface area contributed by atoms with Crippen molar-refractivity contribution in [3.63, 3.8) is 0 Å². The van der Waals surface area contributed by atoms with Gasteiger partial charge < -0.3 is 15.4 Å². The van der Waals surface area contributed by atoms with Crippen molar-refractivity contribution in [2.24, 2.45) is 0 Å². The molecule has 6 nitrogen and oxygen atoms in total. The third-order valence-electron chi connectivity index (χ3n) is 3.08. The minimum Gasteiger partial charge on any atom is -0.477 e. The van der Waals surface area contributed by atoms with Crippen molar-refractivity contribution in [1.29, 1.82) is 0 Å². The summed E-state index contributed by atoms with van der Waals surface area (Å²) in [6, 6.07) is 10.2. The Balaban J connectivity index is 1.89. The topological polar surface area (TPSA) is 95.1 Å². The van der Waals surface area contributed by atoms with E-state index >= 15 is 0 Å². The number of H-pyrrole nitrogens is 1. The number of aromatic nitrogens is 2. The largest absolute Gasteiger partial charge is 0.477 e. The molecule has 0 aliphatic rings. The number of carbonyl (C=O) groups is 2. The van der Waals surface area contributed by atoms with E-state index in [0.29, 0.717) is 26.8 Å². The van der Waals surface area contributed by atoms with Gasteiger partial charge in [-0.1, -0.05) is 12.1 Å². The van der Waals surface area contributed by atoms with Gasteiger partial charge in [-0.15, -0.1) is 0 Å². The molecular formula is C15H10BrN3O3. The molecule has 3 aromatic rings. The van der Waals surface area contributed by atoms with E-state index in [1.165, 1.54) is 12.3 Å². The lowest BCUT2D eigenvalue weighted by atomic mass is 10.2. The highest BCUT2D eigenvalue weighted by atomic mass is 79.9. The molecule has 3 rings (SSSR count). The molecule has 0 spiro atoms. The van der Waals surface area contributed by atoms with Gasteiger partial charge in [0.15, 0.2) is 0 Å². The molecule has 110 valence electrons. The molecule has 0 saturated carbocycles. The fourth-order valence-corrected chi connectivity index (χ4v) is 2.51. The molecule has 1 amide bonds. The molecule has 0 atom stereocenters. The predicted octanol–water partition coefficient (Wildman–Crippen LogP) is 3.28. The number of anilines is 1. The van der Waals surface area contributed by atoms with Crippen LogP contribution in [0.2, 0.25) is 0 Å². The van der Waals surface area contributed by atoms with Crippen LogP contribution in [0.4, 0.5) is 5.69 Å². The number of nitrogens with zero attached hydrogens (tertiary/aromatic N) is 1. The van der Waals surface area contributed by atoms with Crippen LogP contribution in [-0.4, -0.2) is 27.0 Å². The van der Waals surface area contributed by atoms with Gasteiger partial charge in [0.2, 0.25) is 0 Å². The molecule has 2 aromatic heterocycles. The van der Waals surface area contributed by atoms with E-state index in [-0.39, 0.29) is 11.6 Å². The summed E-state index contributed by atoms with van der Waals surface area (Å²) in [4.78, 5) is 29.9. The summed E-state index contributed by atoms with van der Waals surface area (Å²) in [5.41, 5.74) is 1.50. The monoisotopic (exact) mass is 359 g/mol. The number of halogens is 1. The summed E-state index contributed by atoms with van der Waals surface area (Å²) >= 11 is 3.32. The van der Waals surface area contributed by atoms with Crippen LogP contribution >= 0.6 is 15.9 Å². The summed E-state index contributed by atoms with van der Waals surface area (Å²) in [5, 5.41) is 12.3. The van der Waals surface area contributed by atoms with Gasteiger partial charge in [0.1, 0.15) is 11.3 Å². The van der Waals surface area contributed by atoms with E-state index in [4.69, 9.17) is 5.11 Å². The Morgan fingerprint density at radius 2 is 2.00 bits per heavy atom. The molecule has 0 unspecified atom stereocenters. The van der Waals surface area contributed by atoms with E-state index in [9.17, 15) is 9.59 Å². The predicted molar refractivity (Wildman–Crippen MR) is 85.1 cm³/mol. The Labute approximate surface area is 133 Å². The highest BCUT2D eigenvalue weighted by Crippen LogP contribution is 2.20. The number of amides is 1. The number of fused-ring (bicyclic) bond motifs is 1. The maximum atomic E-state index is 12.2. The normalized spacial score (nSPS) is 10.6. The maximum Gasteiger partial charge on any atom is 0.352 e. The van der Waals surface area contributed by atoms with Crippen LogP contribution in [0.15, 0.2) is 47.1 Å². The SMILES string of the molecule is O=C(O)c1cc2cc(NC(=O)c3ccccc3Br)cnc2[nH]1. The summed E-state index contributed by atoms with van der Waals surface area (Å²) in [6.45, 7) is 0. The van der Waals surface area contributed by atoms with Gasteiger partial charge in [-0.3, -0.25) is 4.79 Å². The average Bonchev–Trinajstić information content (AvgIpc) is 2.91. The number of carboxylic acid groups (broad SMARTS) is 1. The quantitative estimate of drug-likeness (QED) is 0.668. The van der Waals surface area contributed by atoms with E-state index in [2.05, 4.69) is 31.2 Å².